The number of halogens is 1. The average molecular weight is 450 g/mol. The molecule has 0 saturated carbocycles. The Morgan fingerprint density at radius 2 is 1.96 bits per heavy atom. The van der Waals surface area contributed by atoms with Crippen LogP contribution in [-0.2, 0) is 5.75 Å². The molecule has 1 aliphatic rings. The number of aromatic nitrogens is 2. The minimum Gasteiger partial charge on any atom is -0.454 e. The molecule has 2 aromatic carbocycles. The Kier molecular flexibility index (Phi) is 5.09. The van der Waals surface area contributed by atoms with Crippen molar-refractivity contribution in [1.29, 1.82) is 0 Å². The topological polar surface area (TPSA) is 73.3 Å². The van der Waals surface area contributed by atoms with E-state index in [-0.39, 0.29) is 12.7 Å². The zero-order valence-corrected chi connectivity index (χ0v) is 16.5. The highest BCUT2D eigenvalue weighted by Crippen LogP contribution is 2.33. The molecule has 1 aromatic heterocycles. The molecule has 1 N–H and O–H groups in total. The third kappa shape index (κ3) is 4.00. The Morgan fingerprint density at radius 1 is 1.15 bits per heavy atom. The highest BCUT2D eigenvalue weighted by molar-refractivity contribution is 9.10. The van der Waals surface area contributed by atoms with Gasteiger partial charge in [-0.2, -0.15) is 0 Å². The maximum Gasteiger partial charge on any atom is 0.257 e. The second kappa shape index (κ2) is 7.65. The van der Waals surface area contributed by atoms with Crippen LogP contribution in [0.15, 0.2) is 51.3 Å². The van der Waals surface area contributed by atoms with Gasteiger partial charge in [-0.15, -0.1) is 10.2 Å². The number of carbonyl (C=O) groups excluding carboxylic acids is 1. The molecule has 0 atom stereocenters. The Bertz CT molecular complexity index is 947. The first kappa shape index (κ1) is 17.3. The molecule has 2 heterocycles. The normalized spacial score (nSPS) is 12.2. The van der Waals surface area contributed by atoms with Crippen LogP contribution in [0.25, 0.3) is 0 Å². The first-order chi connectivity index (χ1) is 12.7. The van der Waals surface area contributed by atoms with Crippen LogP contribution in [0.2, 0.25) is 0 Å². The van der Waals surface area contributed by atoms with Crippen LogP contribution < -0.4 is 14.8 Å². The number of rotatable bonds is 5. The first-order valence-corrected chi connectivity index (χ1v) is 10.2. The van der Waals surface area contributed by atoms with E-state index in [1.807, 2.05) is 12.1 Å². The number of fused-ring (bicyclic) bond motifs is 1. The van der Waals surface area contributed by atoms with Crippen molar-refractivity contribution in [3.05, 3.63) is 58.1 Å². The summed E-state index contributed by atoms with van der Waals surface area (Å²) in [4.78, 5) is 12.4. The molecule has 0 unspecified atom stereocenters. The fraction of sp³-hybridized carbons (Fsp3) is 0.118. The second-order valence-electron chi connectivity index (χ2n) is 5.31. The molecule has 132 valence electrons. The average Bonchev–Trinajstić information content (AvgIpc) is 3.29. The number of ether oxygens (including phenoxy) is 2. The van der Waals surface area contributed by atoms with E-state index in [4.69, 9.17) is 9.47 Å². The van der Waals surface area contributed by atoms with E-state index in [0.29, 0.717) is 22.2 Å². The maximum absolute atomic E-state index is 12.4. The molecular weight excluding hydrogens is 438 g/mol. The van der Waals surface area contributed by atoms with Crippen LogP contribution in [0.3, 0.4) is 0 Å². The molecule has 0 fully saturated rings. The van der Waals surface area contributed by atoms with Gasteiger partial charge in [0.25, 0.3) is 5.91 Å². The molecule has 0 saturated heterocycles. The van der Waals surface area contributed by atoms with Crippen LogP contribution in [0, 0.1) is 0 Å². The number of benzene rings is 2. The van der Waals surface area contributed by atoms with E-state index in [2.05, 4.69) is 43.6 Å². The zero-order chi connectivity index (χ0) is 17.9. The maximum atomic E-state index is 12.4. The fourth-order valence-corrected chi connectivity index (χ4v) is 4.22. The number of nitrogens with one attached hydrogen (secondary N) is 1. The molecule has 0 aliphatic carbocycles. The van der Waals surface area contributed by atoms with Crippen LogP contribution in [0.4, 0.5) is 5.13 Å². The fourth-order valence-electron chi connectivity index (χ4n) is 2.25. The highest BCUT2D eigenvalue weighted by atomic mass is 79.9. The summed E-state index contributed by atoms with van der Waals surface area (Å²) in [5.74, 6) is 1.74. The molecule has 4 rings (SSSR count). The lowest BCUT2D eigenvalue weighted by molar-refractivity contribution is 0.102. The Balaban J connectivity index is 1.37. The van der Waals surface area contributed by atoms with Gasteiger partial charge in [-0.3, -0.25) is 10.1 Å². The lowest BCUT2D eigenvalue weighted by Crippen LogP contribution is -2.11. The van der Waals surface area contributed by atoms with Crippen LogP contribution in [0.5, 0.6) is 11.5 Å². The smallest absolute Gasteiger partial charge is 0.257 e. The summed E-state index contributed by atoms with van der Waals surface area (Å²) >= 11 is 6.35. The Hall–Kier alpha value is -2.10. The second-order valence-corrected chi connectivity index (χ2v) is 8.43. The van der Waals surface area contributed by atoms with Gasteiger partial charge in [-0.1, -0.05) is 51.2 Å². The monoisotopic (exact) mass is 449 g/mol. The molecule has 26 heavy (non-hydrogen) atoms. The molecule has 3 aromatic rings. The summed E-state index contributed by atoms with van der Waals surface area (Å²) in [6.07, 6.45) is 0. The third-order valence-corrected chi connectivity index (χ3v) is 6.11. The van der Waals surface area contributed by atoms with E-state index >= 15 is 0 Å². The molecule has 0 bridgehead atoms. The number of amides is 1. The van der Waals surface area contributed by atoms with E-state index in [0.717, 1.165) is 14.6 Å². The van der Waals surface area contributed by atoms with Crippen molar-refractivity contribution in [2.24, 2.45) is 0 Å². The zero-order valence-electron chi connectivity index (χ0n) is 13.3. The van der Waals surface area contributed by atoms with Gasteiger partial charge in [0.1, 0.15) is 0 Å². The summed E-state index contributed by atoms with van der Waals surface area (Å²) in [7, 11) is 0. The first-order valence-electron chi connectivity index (χ1n) is 7.59. The van der Waals surface area contributed by atoms with Gasteiger partial charge in [0.05, 0.1) is 0 Å². The van der Waals surface area contributed by atoms with E-state index in [1.54, 1.807) is 30.0 Å². The summed E-state index contributed by atoms with van der Waals surface area (Å²) in [5.41, 5.74) is 1.67. The lowest BCUT2D eigenvalue weighted by atomic mass is 10.2. The summed E-state index contributed by atoms with van der Waals surface area (Å²) in [6, 6.07) is 13.2. The van der Waals surface area contributed by atoms with Gasteiger partial charge in [-0.05, 0) is 35.9 Å². The SMILES string of the molecule is O=C(Nc1nnc(SCc2ccc(Br)cc2)s1)c1ccc2c(c1)OCO2. The molecule has 9 heteroatoms. The summed E-state index contributed by atoms with van der Waals surface area (Å²) in [5, 5.41) is 11.4. The largest absolute Gasteiger partial charge is 0.454 e. The van der Waals surface area contributed by atoms with Crippen LogP contribution in [0.1, 0.15) is 15.9 Å². The summed E-state index contributed by atoms with van der Waals surface area (Å²) < 4.78 is 12.4. The number of hydrogen-bond acceptors (Lipinski definition) is 7. The van der Waals surface area contributed by atoms with Crippen molar-refractivity contribution in [2.75, 3.05) is 12.1 Å². The van der Waals surface area contributed by atoms with Crippen LogP contribution >= 0.6 is 39.0 Å². The van der Waals surface area contributed by atoms with Gasteiger partial charge in [-0.25, -0.2) is 0 Å². The van der Waals surface area contributed by atoms with Crippen molar-refractivity contribution < 1.29 is 14.3 Å². The van der Waals surface area contributed by atoms with Crippen molar-refractivity contribution in [2.45, 2.75) is 10.1 Å². The number of nitrogens with zero attached hydrogens (tertiary/aromatic N) is 2. The van der Waals surface area contributed by atoms with Crippen molar-refractivity contribution in [1.82, 2.24) is 10.2 Å². The van der Waals surface area contributed by atoms with Gasteiger partial charge in [0.2, 0.25) is 11.9 Å². The molecule has 0 radical (unpaired) electrons. The van der Waals surface area contributed by atoms with E-state index in [9.17, 15) is 4.79 Å². The van der Waals surface area contributed by atoms with Gasteiger partial charge in [0, 0.05) is 15.8 Å². The van der Waals surface area contributed by atoms with Crippen molar-refractivity contribution in [3.8, 4) is 11.5 Å². The molecule has 1 aliphatic heterocycles. The quantitative estimate of drug-likeness (QED) is 0.454. The van der Waals surface area contributed by atoms with Crippen molar-refractivity contribution >= 4 is 50.1 Å². The predicted octanol–water partition coefficient (Wildman–Crippen LogP) is 4.57. The number of anilines is 1. The molecule has 0 spiro atoms. The number of hydrogen-bond donors (Lipinski definition) is 1. The Labute approximate surface area is 166 Å². The van der Waals surface area contributed by atoms with Gasteiger partial charge >= 0.3 is 0 Å². The minimum absolute atomic E-state index is 0.176. The van der Waals surface area contributed by atoms with E-state index < -0.39 is 0 Å². The Morgan fingerprint density at radius 3 is 2.81 bits per heavy atom. The van der Waals surface area contributed by atoms with Gasteiger partial charge in [0.15, 0.2) is 15.8 Å². The third-order valence-electron chi connectivity index (χ3n) is 3.54. The predicted molar refractivity (Wildman–Crippen MR) is 104 cm³/mol. The van der Waals surface area contributed by atoms with Crippen molar-refractivity contribution in [3.63, 3.8) is 0 Å². The molecular formula is C17H12BrN3O3S2. The molecule has 1 amide bonds. The molecule has 6 nitrogen and oxygen atoms in total. The summed E-state index contributed by atoms with van der Waals surface area (Å²) in [6.45, 7) is 0.176. The minimum atomic E-state index is -0.260. The standard InChI is InChI=1S/C17H12BrN3O3S2/c18-12-4-1-10(2-5-12)8-25-17-21-20-16(26-17)19-15(22)11-3-6-13-14(7-11)24-9-23-13/h1-7H,8-9H2,(H,19,20,22). The van der Waals surface area contributed by atoms with Crippen LogP contribution in [-0.4, -0.2) is 22.9 Å². The van der Waals surface area contributed by atoms with Gasteiger partial charge < -0.3 is 9.47 Å². The number of carbonyl (C=O) groups is 1. The number of thioether (sulfide) groups is 1. The van der Waals surface area contributed by atoms with E-state index in [1.165, 1.54) is 16.9 Å². The lowest BCUT2D eigenvalue weighted by Gasteiger charge is -2.02. The highest BCUT2D eigenvalue weighted by Gasteiger charge is 2.17.